The van der Waals surface area contributed by atoms with Crippen molar-refractivity contribution in [3.05, 3.63) is 230 Å². The third kappa shape index (κ3) is 6.04. The molecular weight excluding hydrogens is 725 g/mol. The number of hydrogen-bond donors (Lipinski definition) is 0. The van der Waals surface area contributed by atoms with E-state index < -0.39 is 0 Å². The van der Waals surface area contributed by atoms with Crippen molar-refractivity contribution in [2.45, 2.75) is 13.8 Å². The van der Waals surface area contributed by atoms with Gasteiger partial charge in [-0.25, -0.2) is 0 Å². The van der Waals surface area contributed by atoms with Crippen molar-refractivity contribution in [3.8, 4) is 22.3 Å². The van der Waals surface area contributed by atoms with E-state index in [0.29, 0.717) is 0 Å². The molecule has 0 aliphatic heterocycles. The Labute approximate surface area is 351 Å². The summed E-state index contributed by atoms with van der Waals surface area (Å²) in [6, 6.07) is 80.0. The quantitative estimate of drug-likeness (QED) is 0.112. The molecule has 0 radical (unpaired) electrons. The molecule has 11 aromatic rings. The molecule has 0 fully saturated rings. The normalized spacial score (nSPS) is 11.5. The molecule has 284 valence electrons. The second-order valence-corrected chi connectivity index (χ2v) is 15.9. The molecule has 60 heavy (non-hydrogen) atoms. The van der Waals surface area contributed by atoms with Gasteiger partial charge in [0.2, 0.25) is 0 Å². The number of hydrogen-bond acceptors (Lipinski definition) is 2. The Morgan fingerprint density at radius 3 is 0.900 bits per heavy atom. The van der Waals surface area contributed by atoms with E-state index in [2.05, 4.69) is 242 Å². The van der Waals surface area contributed by atoms with E-state index in [9.17, 15) is 0 Å². The minimum absolute atomic E-state index is 1.12. The minimum atomic E-state index is 1.12. The molecule has 0 amide bonds. The molecule has 0 aliphatic carbocycles. The molecule has 11 rings (SSSR count). The van der Waals surface area contributed by atoms with Gasteiger partial charge in [-0.3, -0.25) is 0 Å². The summed E-state index contributed by atoms with van der Waals surface area (Å²) in [5.41, 5.74) is 14.1. The summed E-state index contributed by atoms with van der Waals surface area (Å²) in [5.74, 6) is 0. The summed E-state index contributed by atoms with van der Waals surface area (Å²) in [4.78, 5) is 4.83. The zero-order chi connectivity index (χ0) is 40.2. The maximum Gasteiger partial charge on any atom is 0.0540 e. The van der Waals surface area contributed by atoms with Crippen molar-refractivity contribution in [2.75, 3.05) is 9.80 Å². The van der Waals surface area contributed by atoms with Crippen molar-refractivity contribution < 1.29 is 0 Å². The molecule has 0 N–H and O–H groups in total. The van der Waals surface area contributed by atoms with Crippen LogP contribution in [0.2, 0.25) is 0 Å². The van der Waals surface area contributed by atoms with E-state index in [-0.39, 0.29) is 0 Å². The fraction of sp³-hybridized carbons (Fsp3) is 0.0345. The lowest BCUT2D eigenvalue weighted by Crippen LogP contribution is -2.11. The highest BCUT2D eigenvalue weighted by Crippen LogP contribution is 2.49. The SMILES string of the molecule is Cc1ccc(N(c2ccc(-c3ccccc3)cc2)c2ccc3c4cccc5c(N(c6ccc(C)cc6)c6ccc(-c7ccccc7)cc6)ccc(c6cccc2c63)c54)cc1. The Morgan fingerprint density at radius 1 is 0.233 bits per heavy atom. The fourth-order valence-corrected chi connectivity index (χ4v) is 9.18. The van der Waals surface area contributed by atoms with Crippen molar-refractivity contribution in [3.63, 3.8) is 0 Å². The predicted molar refractivity (Wildman–Crippen MR) is 257 cm³/mol. The predicted octanol–water partition coefficient (Wildman–Crippen LogP) is 16.6. The van der Waals surface area contributed by atoms with Crippen molar-refractivity contribution in [2.24, 2.45) is 0 Å². The van der Waals surface area contributed by atoms with Crippen LogP contribution in [0.5, 0.6) is 0 Å². The molecule has 0 aliphatic rings. The molecule has 0 heterocycles. The molecule has 11 aromatic carbocycles. The van der Waals surface area contributed by atoms with Gasteiger partial charge < -0.3 is 9.80 Å². The van der Waals surface area contributed by atoms with Gasteiger partial charge in [0.15, 0.2) is 0 Å². The van der Waals surface area contributed by atoms with Crippen LogP contribution in [0, 0.1) is 13.8 Å². The molecule has 0 saturated heterocycles. The second-order valence-electron chi connectivity index (χ2n) is 15.9. The van der Waals surface area contributed by atoms with Crippen LogP contribution in [0.15, 0.2) is 218 Å². The smallest absolute Gasteiger partial charge is 0.0540 e. The number of rotatable bonds is 8. The first kappa shape index (κ1) is 35.5. The Hall–Kier alpha value is -7.68. The lowest BCUT2D eigenvalue weighted by Gasteiger charge is -2.29. The lowest BCUT2D eigenvalue weighted by atomic mass is 9.88. The van der Waals surface area contributed by atoms with Gasteiger partial charge in [-0.15, -0.1) is 0 Å². The van der Waals surface area contributed by atoms with Crippen LogP contribution in [0.3, 0.4) is 0 Å². The molecular formula is C58H42N2. The molecule has 0 saturated carbocycles. The summed E-state index contributed by atoms with van der Waals surface area (Å²) >= 11 is 0. The first-order chi connectivity index (χ1) is 29.6. The minimum Gasteiger partial charge on any atom is -0.310 e. The third-order valence-electron chi connectivity index (χ3n) is 12.1. The van der Waals surface area contributed by atoms with Crippen LogP contribution in [-0.2, 0) is 0 Å². The highest BCUT2D eigenvalue weighted by Gasteiger charge is 2.22. The topological polar surface area (TPSA) is 6.48 Å². The molecule has 0 atom stereocenters. The van der Waals surface area contributed by atoms with E-state index in [1.54, 1.807) is 0 Å². The van der Waals surface area contributed by atoms with Crippen molar-refractivity contribution in [1.29, 1.82) is 0 Å². The Bertz CT molecular complexity index is 3030. The van der Waals surface area contributed by atoms with Crippen LogP contribution >= 0.6 is 0 Å². The summed E-state index contributed by atoms with van der Waals surface area (Å²) in [5, 5.41) is 10.1. The number of aryl methyl sites for hydroxylation is 2. The highest BCUT2D eigenvalue weighted by atomic mass is 15.1. The molecule has 0 unspecified atom stereocenters. The maximum atomic E-state index is 2.42. The van der Waals surface area contributed by atoms with Gasteiger partial charge in [-0.05, 0) is 129 Å². The average Bonchev–Trinajstić information content (AvgIpc) is 3.31. The first-order valence-electron chi connectivity index (χ1n) is 20.8. The standard InChI is InChI=1S/C58H42N2/c1-39-19-27-45(28-20-39)59(47-31-23-43(24-32-47)41-11-5-3-6-12-41)55-37-35-51-50-16-10-18-54-56(38-36-52(58(50)54)49-15-9-17-53(55)57(49)51)60(46-29-21-40(2)22-30-46)48-33-25-44(26-34-48)42-13-7-4-8-14-42/h3-38H,1-2H3. The van der Waals surface area contributed by atoms with Gasteiger partial charge in [0.25, 0.3) is 0 Å². The lowest BCUT2D eigenvalue weighted by molar-refractivity contribution is 1.29. The van der Waals surface area contributed by atoms with Crippen molar-refractivity contribution in [1.82, 2.24) is 0 Å². The summed E-state index contributed by atoms with van der Waals surface area (Å²) in [6.07, 6.45) is 0. The highest BCUT2D eigenvalue weighted by molar-refractivity contribution is 6.35. The third-order valence-corrected chi connectivity index (χ3v) is 12.1. The average molecular weight is 767 g/mol. The summed E-state index contributed by atoms with van der Waals surface area (Å²) < 4.78 is 0. The van der Waals surface area contributed by atoms with Gasteiger partial charge in [0, 0.05) is 33.5 Å². The number of fused-ring (bicyclic) bond motifs is 2. The van der Waals surface area contributed by atoms with E-state index in [1.165, 1.54) is 76.5 Å². The van der Waals surface area contributed by atoms with Crippen LogP contribution in [0.4, 0.5) is 34.1 Å². The molecule has 0 bridgehead atoms. The summed E-state index contributed by atoms with van der Waals surface area (Å²) in [7, 11) is 0. The largest absolute Gasteiger partial charge is 0.310 e. The van der Waals surface area contributed by atoms with E-state index in [4.69, 9.17) is 0 Å². The first-order valence-corrected chi connectivity index (χ1v) is 20.8. The van der Waals surface area contributed by atoms with Gasteiger partial charge in [-0.1, -0.05) is 169 Å². The monoisotopic (exact) mass is 766 g/mol. The Balaban J connectivity index is 1.10. The van der Waals surface area contributed by atoms with Crippen LogP contribution in [0.1, 0.15) is 11.1 Å². The van der Waals surface area contributed by atoms with Crippen LogP contribution in [0.25, 0.3) is 65.3 Å². The van der Waals surface area contributed by atoms with Crippen molar-refractivity contribution >= 4 is 77.2 Å². The zero-order valence-corrected chi connectivity index (χ0v) is 33.7. The van der Waals surface area contributed by atoms with Gasteiger partial charge in [0.1, 0.15) is 0 Å². The van der Waals surface area contributed by atoms with E-state index in [1.807, 2.05) is 0 Å². The number of benzene rings is 11. The molecule has 2 heteroatoms. The molecule has 0 aromatic heterocycles. The number of nitrogens with zero attached hydrogens (tertiary/aromatic N) is 2. The molecule has 0 spiro atoms. The summed E-state index contributed by atoms with van der Waals surface area (Å²) in [6.45, 7) is 4.30. The Morgan fingerprint density at radius 2 is 0.533 bits per heavy atom. The molecule has 2 nitrogen and oxygen atoms in total. The van der Waals surface area contributed by atoms with Gasteiger partial charge in [-0.2, -0.15) is 0 Å². The zero-order valence-electron chi connectivity index (χ0n) is 33.7. The van der Waals surface area contributed by atoms with Crippen LogP contribution < -0.4 is 9.80 Å². The van der Waals surface area contributed by atoms with E-state index >= 15 is 0 Å². The number of anilines is 6. The maximum absolute atomic E-state index is 2.42. The second kappa shape index (κ2) is 14.6. The van der Waals surface area contributed by atoms with Gasteiger partial charge >= 0.3 is 0 Å². The van der Waals surface area contributed by atoms with Crippen LogP contribution in [-0.4, -0.2) is 0 Å². The van der Waals surface area contributed by atoms with E-state index in [0.717, 1.165) is 34.1 Å². The van der Waals surface area contributed by atoms with Gasteiger partial charge in [0.05, 0.1) is 11.4 Å². The Kier molecular flexibility index (Phi) is 8.64. The fourth-order valence-electron chi connectivity index (χ4n) is 9.18.